The van der Waals surface area contributed by atoms with Crippen molar-refractivity contribution in [2.45, 2.75) is 57.7 Å². The summed E-state index contributed by atoms with van der Waals surface area (Å²) >= 11 is 0.00849. The van der Waals surface area contributed by atoms with Crippen LogP contribution in [0.15, 0.2) is 0 Å². The van der Waals surface area contributed by atoms with Crippen molar-refractivity contribution in [3.63, 3.8) is 0 Å². The number of rotatable bonds is 5. The minimum absolute atomic E-state index is 0. The van der Waals surface area contributed by atoms with Crippen molar-refractivity contribution in [1.82, 2.24) is 0 Å². The summed E-state index contributed by atoms with van der Waals surface area (Å²) in [6.07, 6.45) is 6.27. The summed E-state index contributed by atoms with van der Waals surface area (Å²) in [6, 6.07) is 0. The van der Waals surface area contributed by atoms with Gasteiger partial charge in [-0.15, -0.1) is 0 Å². The Kier molecular flexibility index (Phi) is 16.9. The van der Waals surface area contributed by atoms with Crippen LogP contribution in [0.1, 0.15) is 52.4 Å². The molecule has 0 amide bonds. The topological polar surface area (TPSA) is 49.4 Å². The van der Waals surface area contributed by atoms with Crippen molar-refractivity contribution >= 4 is 21.5 Å². The van der Waals surface area contributed by atoms with E-state index in [1.165, 1.54) is 18.1 Å². The molecule has 0 aromatic heterocycles. The smallest absolute Gasteiger partial charge is 0.435 e. The van der Waals surface area contributed by atoms with Gasteiger partial charge in [0.1, 0.15) is 0 Å². The first kappa shape index (κ1) is 19.8. The molecule has 1 fully saturated rings. The van der Waals surface area contributed by atoms with Gasteiger partial charge >= 0.3 is 15.6 Å². The van der Waals surface area contributed by atoms with E-state index in [9.17, 15) is 9.90 Å². The molecular formula is C12H24AlNiO3-. The summed E-state index contributed by atoms with van der Waals surface area (Å²) in [5.74, 6) is -1.11. The van der Waals surface area contributed by atoms with E-state index < -0.39 is 5.97 Å². The number of unbranched alkanes of at least 4 members (excludes halogenated alkanes) is 1. The monoisotopic (exact) mass is 301 g/mol. The molecule has 1 saturated heterocycles. The van der Waals surface area contributed by atoms with E-state index in [4.69, 9.17) is 3.79 Å². The maximum Gasteiger partial charge on any atom is 0.435 e. The molecule has 17 heavy (non-hydrogen) atoms. The predicted octanol–water partition coefficient (Wildman–Crippen LogP) is 1.52. The fourth-order valence-electron chi connectivity index (χ4n) is 1.63. The molecule has 0 aromatic carbocycles. The predicted molar refractivity (Wildman–Crippen MR) is 65.5 cm³/mol. The zero-order valence-electron chi connectivity index (χ0n) is 11.0. The van der Waals surface area contributed by atoms with Crippen molar-refractivity contribution in [2.24, 2.45) is 5.92 Å². The van der Waals surface area contributed by atoms with E-state index in [1.54, 1.807) is 0 Å². The van der Waals surface area contributed by atoms with Crippen LogP contribution in [-0.4, -0.2) is 28.1 Å². The Morgan fingerprint density at radius 1 is 1.41 bits per heavy atom. The average Bonchev–Trinajstić information content (AvgIpc) is 2.33. The van der Waals surface area contributed by atoms with Crippen LogP contribution in [0.5, 0.6) is 0 Å². The number of carbonyl (C=O) groups is 1. The summed E-state index contributed by atoms with van der Waals surface area (Å²) in [5, 5.41) is 11.7. The summed E-state index contributed by atoms with van der Waals surface area (Å²) in [7, 11) is 0. The van der Waals surface area contributed by atoms with E-state index in [2.05, 4.69) is 6.92 Å². The summed E-state index contributed by atoms with van der Waals surface area (Å²) in [5.41, 5.74) is 0. The molecule has 0 bridgehead atoms. The minimum Gasteiger partial charge on any atom is -0.550 e. The molecule has 1 unspecified atom stereocenters. The zero-order chi connectivity index (χ0) is 12.2. The van der Waals surface area contributed by atoms with Gasteiger partial charge in [-0.05, 0) is 25.2 Å². The van der Waals surface area contributed by atoms with Gasteiger partial charge < -0.3 is 13.7 Å². The molecule has 1 aliphatic heterocycles. The minimum atomic E-state index is -0.893. The Balaban J connectivity index is 0. The van der Waals surface area contributed by atoms with Crippen LogP contribution in [0.2, 0.25) is 5.28 Å². The number of carboxylic acids is 1. The third-order valence-corrected chi connectivity index (χ3v) is 4.18. The second kappa shape index (κ2) is 14.5. The Bertz CT molecular complexity index is 164. The van der Waals surface area contributed by atoms with Crippen molar-refractivity contribution in [1.29, 1.82) is 0 Å². The molecule has 1 rings (SSSR count). The molecule has 0 aromatic rings. The molecule has 3 nitrogen and oxygen atoms in total. The Hall–Kier alpha value is 0.456. The van der Waals surface area contributed by atoms with E-state index >= 15 is 0 Å². The summed E-state index contributed by atoms with van der Waals surface area (Å²) in [4.78, 5) is 10.3. The van der Waals surface area contributed by atoms with Crippen LogP contribution < -0.4 is 5.11 Å². The van der Waals surface area contributed by atoms with Crippen molar-refractivity contribution in [3.8, 4) is 0 Å². The quantitative estimate of drug-likeness (QED) is 0.723. The SMILES string of the molecule is C1C[CH2][AlH][O]C1.CCCCC(CC)C(=O)[O-].[Ni]. The normalized spacial score (nSPS) is 15.6. The average molecular weight is 302 g/mol. The van der Waals surface area contributed by atoms with Gasteiger partial charge in [-0.1, -0.05) is 38.4 Å². The Morgan fingerprint density at radius 3 is 2.35 bits per heavy atom. The fraction of sp³-hybridized carbons (Fsp3) is 0.917. The molecule has 0 saturated carbocycles. The van der Waals surface area contributed by atoms with Crippen LogP contribution >= 0.6 is 0 Å². The molecule has 104 valence electrons. The second-order valence-corrected chi connectivity index (χ2v) is 5.76. The van der Waals surface area contributed by atoms with Gasteiger partial charge in [0.05, 0.1) is 0 Å². The molecule has 1 aliphatic rings. The summed E-state index contributed by atoms with van der Waals surface area (Å²) < 4.78 is 5.21. The Morgan fingerprint density at radius 2 is 2.12 bits per heavy atom. The van der Waals surface area contributed by atoms with Gasteiger partial charge in [-0.3, -0.25) is 0 Å². The zero-order valence-corrected chi connectivity index (χ0v) is 13.4. The first-order valence-corrected chi connectivity index (χ1v) is 8.08. The standard InChI is InChI=1S/C8H16O2.C4H8O.Al.Ni.H/c1-3-5-6-7(4-2)8(9)10;1-2-3-4-5;;;/h7H,3-6H2,1-2H3,(H,9,10);1-4H2;;;/q;-1;+1;;/p-1. The molecular weight excluding hydrogens is 278 g/mol. The molecule has 1 heterocycles. The number of aliphatic carboxylic acids is 1. The van der Waals surface area contributed by atoms with Gasteiger partial charge in [-0.25, -0.2) is 0 Å². The molecule has 0 N–H and O–H groups in total. The van der Waals surface area contributed by atoms with Crippen molar-refractivity contribution in [2.75, 3.05) is 6.61 Å². The van der Waals surface area contributed by atoms with Crippen LogP contribution in [0.4, 0.5) is 0 Å². The largest absolute Gasteiger partial charge is 0.550 e. The third kappa shape index (κ3) is 12.7. The number of hydrogen-bond donors (Lipinski definition) is 0. The first-order chi connectivity index (χ1) is 7.72. The van der Waals surface area contributed by atoms with E-state index in [-0.39, 0.29) is 38.0 Å². The van der Waals surface area contributed by atoms with Crippen LogP contribution in [0.25, 0.3) is 0 Å². The fourth-order valence-corrected chi connectivity index (χ4v) is 2.80. The van der Waals surface area contributed by atoms with Gasteiger partial charge in [0.25, 0.3) is 0 Å². The maximum absolute atomic E-state index is 10.3. The van der Waals surface area contributed by atoms with E-state index in [1.807, 2.05) is 6.92 Å². The van der Waals surface area contributed by atoms with Gasteiger partial charge in [0.15, 0.2) is 0 Å². The van der Waals surface area contributed by atoms with E-state index in [0.29, 0.717) is 6.42 Å². The van der Waals surface area contributed by atoms with Gasteiger partial charge in [-0.2, -0.15) is 0 Å². The van der Waals surface area contributed by atoms with Crippen LogP contribution in [0.3, 0.4) is 0 Å². The van der Waals surface area contributed by atoms with Gasteiger partial charge in [0.2, 0.25) is 0 Å². The van der Waals surface area contributed by atoms with Crippen molar-refractivity contribution < 1.29 is 30.2 Å². The second-order valence-electron chi connectivity index (χ2n) is 4.24. The Labute approximate surface area is 122 Å². The van der Waals surface area contributed by atoms with Crippen LogP contribution in [0, 0.1) is 5.92 Å². The first-order valence-electron chi connectivity index (χ1n) is 6.50. The van der Waals surface area contributed by atoms with Gasteiger partial charge in [0, 0.05) is 29.1 Å². The molecule has 0 spiro atoms. The molecule has 5 heteroatoms. The molecule has 1 atom stereocenters. The molecule has 0 aliphatic carbocycles. The number of hydrogen-bond acceptors (Lipinski definition) is 3. The van der Waals surface area contributed by atoms with Crippen LogP contribution in [-0.2, 0) is 25.1 Å². The molecule has 0 radical (unpaired) electrons. The van der Waals surface area contributed by atoms with E-state index in [0.717, 1.165) is 25.9 Å². The maximum atomic E-state index is 10.3. The number of carbonyl (C=O) groups excluding carboxylic acids is 1. The number of carboxylic acid groups (broad SMARTS) is 1. The summed E-state index contributed by atoms with van der Waals surface area (Å²) in [6.45, 7) is 5.00. The third-order valence-electron chi connectivity index (χ3n) is 2.81. The van der Waals surface area contributed by atoms with Crippen molar-refractivity contribution in [3.05, 3.63) is 0 Å².